The normalized spacial score (nSPS) is 11.0. The highest BCUT2D eigenvalue weighted by atomic mass is 19.3. The zero-order valence-electron chi connectivity index (χ0n) is 16.6. The summed E-state index contributed by atoms with van der Waals surface area (Å²) in [4.78, 5) is 12.4. The van der Waals surface area contributed by atoms with Gasteiger partial charge in [-0.05, 0) is 48.0 Å². The van der Waals surface area contributed by atoms with Crippen molar-refractivity contribution in [2.24, 2.45) is 0 Å². The van der Waals surface area contributed by atoms with E-state index in [1.807, 2.05) is 0 Å². The Kier molecular flexibility index (Phi) is 7.32. The quantitative estimate of drug-likeness (QED) is 0.314. The van der Waals surface area contributed by atoms with Gasteiger partial charge in [0.25, 0.3) is 0 Å². The average Bonchev–Trinajstić information content (AvgIpc) is 2.76. The molecule has 0 radical (unpaired) electrons. The summed E-state index contributed by atoms with van der Waals surface area (Å²) < 4.78 is 53.6. The Hall–Kier alpha value is -3.74. The highest BCUT2D eigenvalue weighted by molar-refractivity contribution is 6.07. The minimum atomic E-state index is -2.97. The molecule has 0 bridgehead atoms. The largest absolute Gasteiger partial charge is 0.496 e. The molecule has 0 saturated heterocycles. The molecule has 0 spiro atoms. The maximum Gasteiger partial charge on any atom is 0.387 e. The summed E-state index contributed by atoms with van der Waals surface area (Å²) in [5.74, 6) is -0.268. The number of rotatable bonds is 9. The summed E-state index contributed by atoms with van der Waals surface area (Å²) in [7, 11) is 1.51. The molecule has 0 atom stereocenters. The zero-order chi connectivity index (χ0) is 22.2. The number of carbonyl (C=O) groups is 1. The smallest absolute Gasteiger partial charge is 0.387 e. The van der Waals surface area contributed by atoms with Crippen LogP contribution in [0.3, 0.4) is 0 Å². The van der Waals surface area contributed by atoms with Gasteiger partial charge in [-0.25, -0.2) is 4.39 Å². The highest BCUT2D eigenvalue weighted by Crippen LogP contribution is 2.24. The molecule has 3 aromatic carbocycles. The van der Waals surface area contributed by atoms with Gasteiger partial charge in [-0.1, -0.05) is 36.4 Å². The fourth-order valence-electron chi connectivity index (χ4n) is 2.83. The zero-order valence-corrected chi connectivity index (χ0v) is 16.6. The lowest BCUT2D eigenvalue weighted by atomic mass is 10.1. The molecular weight excluding hydrogens is 409 g/mol. The predicted octanol–water partition coefficient (Wildman–Crippen LogP) is 5.91. The number of hydrogen-bond acceptors (Lipinski definition) is 4. The van der Waals surface area contributed by atoms with Crippen LogP contribution < -0.4 is 14.2 Å². The maximum atomic E-state index is 13.8. The molecule has 0 aromatic heterocycles. The van der Waals surface area contributed by atoms with Crippen LogP contribution in [0.25, 0.3) is 6.08 Å². The van der Waals surface area contributed by atoms with Crippen LogP contribution in [0.1, 0.15) is 21.5 Å². The van der Waals surface area contributed by atoms with Crippen molar-refractivity contribution in [1.82, 2.24) is 0 Å². The monoisotopic (exact) mass is 428 g/mol. The van der Waals surface area contributed by atoms with Gasteiger partial charge in [0.05, 0.1) is 7.11 Å². The summed E-state index contributed by atoms with van der Waals surface area (Å²) in [6.07, 6.45) is 2.90. The Morgan fingerprint density at radius 2 is 1.81 bits per heavy atom. The number of ketones is 1. The lowest BCUT2D eigenvalue weighted by molar-refractivity contribution is -0.0498. The fourth-order valence-corrected chi connectivity index (χ4v) is 2.83. The van der Waals surface area contributed by atoms with Crippen molar-refractivity contribution in [3.05, 3.63) is 95.3 Å². The standard InChI is InChI=1S/C24H19F3O4/c1-29-22-12-10-16(13-18(22)15-30-23-8-3-2-7-20(23)25)9-11-21(28)17-5-4-6-19(14-17)31-24(26)27/h2-14,24H,15H2,1H3/b11-9+. The summed E-state index contributed by atoms with van der Waals surface area (Å²) in [6.45, 7) is -2.91. The molecule has 0 aliphatic rings. The van der Waals surface area contributed by atoms with Gasteiger partial charge in [0.15, 0.2) is 17.3 Å². The molecule has 0 unspecified atom stereocenters. The van der Waals surface area contributed by atoms with Crippen molar-refractivity contribution in [1.29, 1.82) is 0 Å². The average molecular weight is 428 g/mol. The number of para-hydroxylation sites is 1. The third kappa shape index (κ3) is 6.12. The first kappa shape index (κ1) is 22.0. The van der Waals surface area contributed by atoms with Crippen molar-refractivity contribution >= 4 is 11.9 Å². The van der Waals surface area contributed by atoms with Gasteiger partial charge >= 0.3 is 6.61 Å². The van der Waals surface area contributed by atoms with Gasteiger partial charge in [-0.2, -0.15) is 8.78 Å². The molecule has 0 heterocycles. The molecule has 0 aliphatic heterocycles. The number of hydrogen-bond donors (Lipinski definition) is 0. The van der Waals surface area contributed by atoms with Crippen LogP contribution in [-0.4, -0.2) is 19.5 Å². The number of carbonyl (C=O) groups excluding carboxylic acids is 1. The van der Waals surface area contributed by atoms with Crippen LogP contribution in [0, 0.1) is 5.82 Å². The Morgan fingerprint density at radius 3 is 2.55 bits per heavy atom. The summed E-state index contributed by atoms with van der Waals surface area (Å²) in [5, 5.41) is 0. The Balaban J connectivity index is 1.74. The van der Waals surface area contributed by atoms with E-state index in [2.05, 4.69) is 4.74 Å². The molecule has 0 amide bonds. The SMILES string of the molecule is COc1ccc(/C=C/C(=O)c2cccc(OC(F)F)c2)cc1COc1ccccc1F. The summed E-state index contributed by atoms with van der Waals surface area (Å²) in [5.41, 5.74) is 1.56. The van der Waals surface area contributed by atoms with Crippen molar-refractivity contribution in [2.75, 3.05) is 7.11 Å². The van der Waals surface area contributed by atoms with E-state index in [1.165, 1.54) is 49.6 Å². The fraction of sp³-hybridized carbons (Fsp3) is 0.125. The van der Waals surface area contributed by atoms with Crippen molar-refractivity contribution in [3.63, 3.8) is 0 Å². The molecule has 0 N–H and O–H groups in total. The lowest BCUT2D eigenvalue weighted by Gasteiger charge is -2.11. The number of alkyl halides is 2. The van der Waals surface area contributed by atoms with Crippen LogP contribution in [0.4, 0.5) is 13.2 Å². The minimum Gasteiger partial charge on any atom is -0.496 e. The first-order valence-corrected chi connectivity index (χ1v) is 9.28. The molecule has 0 fully saturated rings. The van der Waals surface area contributed by atoms with E-state index in [0.717, 1.165) is 0 Å². The number of benzene rings is 3. The van der Waals surface area contributed by atoms with E-state index in [0.29, 0.717) is 16.9 Å². The number of halogens is 3. The maximum absolute atomic E-state index is 13.8. The van der Waals surface area contributed by atoms with Crippen LogP contribution >= 0.6 is 0 Å². The van der Waals surface area contributed by atoms with Crippen LogP contribution in [0.15, 0.2) is 72.8 Å². The third-order valence-electron chi connectivity index (χ3n) is 4.30. The third-order valence-corrected chi connectivity index (χ3v) is 4.30. The second kappa shape index (κ2) is 10.3. The molecule has 3 rings (SSSR count). The Labute approximate surface area is 177 Å². The van der Waals surface area contributed by atoms with Gasteiger partial charge in [-0.15, -0.1) is 0 Å². The molecule has 0 saturated carbocycles. The van der Waals surface area contributed by atoms with Crippen molar-refractivity contribution < 1.29 is 32.2 Å². The molecule has 160 valence electrons. The van der Waals surface area contributed by atoms with E-state index in [4.69, 9.17) is 9.47 Å². The van der Waals surface area contributed by atoms with Gasteiger partial charge < -0.3 is 14.2 Å². The van der Waals surface area contributed by atoms with Crippen LogP contribution in [-0.2, 0) is 6.61 Å². The number of allylic oxidation sites excluding steroid dienone is 1. The van der Waals surface area contributed by atoms with Gasteiger partial charge in [0.2, 0.25) is 0 Å². The van der Waals surface area contributed by atoms with E-state index < -0.39 is 12.4 Å². The minimum absolute atomic E-state index is 0.0622. The summed E-state index contributed by atoms with van der Waals surface area (Å²) in [6, 6.07) is 16.8. The summed E-state index contributed by atoms with van der Waals surface area (Å²) >= 11 is 0. The molecule has 3 aromatic rings. The highest BCUT2D eigenvalue weighted by Gasteiger charge is 2.09. The van der Waals surface area contributed by atoms with Crippen molar-refractivity contribution in [2.45, 2.75) is 13.2 Å². The van der Waals surface area contributed by atoms with Gasteiger partial charge in [-0.3, -0.25) is 4.79 Å². The topological polar surface area (TPSA) is 44.8 Å². The molecule has 7 heteroatoms. The Morgan fingerprint density at radius 1 is 1.00 bits per heavy atom. The van der Waals surface area contributed by atoms with E-state index in [9.17, 15) is 18.0 Å². The second-order valence-electron chi connectivity index (χ2n) is 6.39. The molecular formula is C24H19F3O4. The first-order chi connectivity index (χ1) is 15.0. The van der Waals surface area contributed by atoms with Gasteiger partial charge in [0, 0.05) is 11.1 Å². The van der Waals surface area contributed by atoms with E-state index >= 15 is 0 Å². The Bertz CT molecular complexity index is 1080. The lowest BCUT2D eigenvalue weighted by Crippen LogP contribution is -2.03. The van der Waals surface area contributed by atoms with E-state index in [1.54, 1.807) is 36.4 Å². The van der Waals surface area contributed by atoms with Crippen LogP contribution in [0.2, 0.25) is 0 Å². The second-order valence-corrected chi connectivity index (χ2v) is 6.39. The molecule has 4 nitrogen and oxygen atoms in total. The first-order valence-electron chi connectivity index (χ1n) is 9.28. The molecule has 31 heavy (non-hydrogen) atoms. The predicted molar refractivity (Wildman–Crippen MR) is 110 cm³/mol. The number of methoxy groups -OCH3 is 1. The van der Waals surface area contributed by atoms with E-state index in [-0.39, 0.29) is 29.5 Å². The number of ether oxygens (including phenoxy) is 3. The van der Waals surface area contributed by atoms with Crippen LogP contribution in [0.5, 0.6) is 17.2 Å². The molecule has 0 aliphatic carbocycles. The van der Waals surface area contributed by atoms with Crippen molar-refractivity contribution in [3.8, 4) is 17.2 Å². The van der Waals surface area contributed by atoms with Gasteiger partial charge in [0.1, 0.15) is 18.1 Å².